The summed E-state index contributed by atoms with van der Waals surface area (Å²) in [4.78, 5) is 29.8. The van der Waals surface area contributed by atoms with Gasteiger partial charge < -0.3 is 14.6 Å². The van der Waals surface area contributed by atoms with Crippen molar-refractivity contribution in [2.45, 2.75) is 31.8 Å². The Labute approximate surface area is 198 Å². The Morgan fingerprint density at radius 2 is 1.91 bits per heavy atom. The molecule has 2 aliphatic rings. The van der Waals surface area contributed by atoms with Crippen molar-refractivity contribution in [2.75, 3.05) is 24.5 Å². The van der Waals surface area contributed by atoms with Gasteiger partial charge in [-0.25, -0.2) is 0 Å². The second-order valence-electron chi connectivity index (χ2n) is 8.58. The van der Waals surface area contributed by atoms with Gasteiger partial charge in [-0.2, -0.15) is 0 Å². The van der Waals surface area contributed by atoms with E-state index in [9.17, 15) is 9.59 Å². The molecule has 3 aromatic rings. The minimum atomic E-state index is -0.277. The van der Waals surface area contributed by atoms with Gasteiger partial charge >= 0.3 is 0 Å². The molecule has 1 fully saturated rings. The summed E-state index contributed by atoms with van der Waals surface area (Å²) in [6.45, 7) is 2.74. The predicted molar refractivity (Wildman–Crippen MR) is 127 cm³/mol. The molecule has 33 heavy (non-hydrogen) atoms. The molecule has 1 saturated heterocycles. The molecule has 6 nitrogen and oxygen atoms in total. The Hall–Kier alpha value is -3.09. The maximum atomic E-state index is 13.1. The number of para-hydroxylation sites is 1. The number of nitrogens with one attached hydrogen (secondary N) is 1. The molecule has 0 radical (unpaired) electrons. The Balaban J connectivity index is 1.30. The van der Waals surface area contributed by atoms with Crippen molar-refractivity contribution in [3.63, 3.8) is 0 Å². The van der Waals surface area contributed by atoms with E-state index in [1.165, 1.54) is 6.26 Å². The van der Waals surface area contributed by atoms with Gasteiger partial charge in [-0.15, -0.1) is 0 Å². The molecule has 0 bridgehead atoms. The quantitative estimate of drug-likeness (QED) is 0.556. The number of carbonyl (C=O) groups excluding carboxylic acids is 2. The highest BCUT2D eigenvalue weighted by atomic mass is 35.5. The van der Waals surface area contributed by atoms with Gasteiger partial charge in [-0.3, -0.25) is 14.5 Å². The number of hydrogen-bond donors (Lipinski definition) is 1. The molecule has 1 N–H and O–H groups in total. The monoisotopic (exact) mass is 463 g/mol. The minimum Gasteiger partial charge on any atom is -0.459 e. The van der Waals surface area contributed by atoms with E-state index >= 15 is 0 Å². The molecule has 2 aliphatic heterocycles. The minimum absolute atomic E-state index is 0.0267. The Kier molecular flexibility index (Phi) is 6.20. The third kappa shape index (κ3) is 4.54. The number of benzene rings is 2. The van der Waals surface area contributed by atoms with Gasteiger partial charge in [0.1, 0.15) is 0 Å². The smallest absolute Gasteiger partial charge is 0.287 e. The van der Waals surface area contributed by atoms with Crippen molar-refractivity contribution >= 4 is 29.1 Å². The number of anilines is 1. The summed E-state index contributed by atoms with van der Waals surface area (Å²) >= 11 is 6.24. The second-order valence-corrected chi connectivity index (χ2v) is 9.02. The molecule has 2 amide bonds. The van der Waals surface area contributed by atoms with Crippen LogP contribution in [0.2, 0.25) is 5.02 Å². The zero-order valence-electron chi connectivity index (χ0n) is 18.3. The summed E-state index contributed by atoms with van der Waals surface area (Å²) < 4.78 is 5.56. The van der Waals surface area contributed by atoms with E-state index in [2.05, 4.69) is 16.3 Å². The highest BCUT2D eigenvalue weighted by Gasteiger charge is 2.29. The van der Waals surface area contributed by atoms with Crippen LogP contribution in [-0.4, -0.2) is 36.3 Å². The van der Waals surface area contributed by atoms with Crippen LogP contribution in [0.5, 0.6) is 0 Å². The molecule has 0 saturated carbocycles. The summed E-state index contributed by atoms with van der Waals surface area (Å²) in [7, 11) is 0. The van der Waals surface area contributed by atoms with Crippen LogP contribution in [0.15, 0.2) is 65.3 Å². The number of fused-ring (bicyclic) bond motifs is 1. The number of halogens is 1. The van der Waals surface area contributed by atoms with Crippen molar-refractivity contribution in [1.82, 2.24) is 10.2 Å². The molecule has 1 unspecified atom stereocenters. The zero-order valence-corrected chi connectivity index (χ0v) is 19.1. The van der Waals surface area contributed by atoms with E-state index in [0.717, 1.165) is 42.7 Å². The molecule has 5 rings (SSSR count). The first-order chi connectivity index (χ1) is 16.1. The van der Waals surface area contributed by atoms with Crippen LogP contribution in [0.3, 0.4) is 0 Å². The third-order valence-electron chi connectivity index (χ3n) is 6.48. The fourth-order valence-electron chi connectivity index (χ4n) is 4.81. The van der Waals surface area contributed by atoms with Gasteiger partial charge in [0.25, 0.3) is 5.91 Å². The van der Waals surface area contributed by atoms with Crippen LogP contribution in [0, 0.1) is 0 Å². The highest BCUT2D eigenvalue weighted by Crippen LogP contribution is 2.31. The maximum absolute atomic E-state index is 13.1. The van der Waals surface area contributed by atoms with Crippen LogP contribution in [0.25, 0.3) is 0 Å². The van der Waals surface area contributed by atoms with Crippen LogP contribution in [-0.2, 0) is 17.8 Å². The summed E-state index contributed by atoms with van der Waals surface area (Å²) in [5, 5.41) is 3.74. The third-order valence-corrected chi connectivity index (χ3v) is 6.71. The van der Waals surface area contributed by atoms with Crippen molar-refractivity contribution in [3.05, 3.63) is 88.3 Å². The van der Waals surface area contributed by atoms with Gasteiger partial charge in [0.15, 0.2) is 5.76 Å². The summed E-state index contributed by atoms with van der Waals surface area (Å²) in [5.41, 5.74) is 3.68. The molecule has 2 aromatic carbocycles. The highest BCUT2D eigenvalue weighted by molar-refractivity contribution is 6.30. The number of hydrogen-bond acceptors (Lipinski definition) is 4. The number of likely N-dealkylation sites (tertiary alicyclic amines) is 1. The lowest BCUT2D eigenvalue weighted by molar-refractivity contribution is -0.117. The first kappa shape index (κ1) is 21.7. The van der Waals surface area contributed by atoms with Crippen molar-refractivity contribution in [2.24, 2.45) is 0 Å². The number of amides is 2. The number of furan rings is 1. The number of carbonyl (C=O) groups is 2. The molecule has 0 aliphatic carbocycles. The average Bonchev–Trinajstić information content (AvgIpc) is 3.56. The van der Waals surface area contributed by atoms with E-state index in [-0.39, 0.29) is 23.6 Å². The lowest BCUT2D eigenvalue weighted by Crippen LogP contribution is -2.37. The van der Waals surface area contributed by atoms with Crippen LogP contribution >= 0.6 is 11.6 Å². The fraction of sp³-hybridized carbons (Fsp3) is 0.308. The number of nitrogens with zero attached hydrogens (tertiary/aromatic N) is 2. The SMILES string of the molecule is O=C(NCC(c1cccc(Cl)c1)N1CCCC1)c1occc1CN1C(=O)Cc2ccccc21. The van der Waals surface area contributed by atoms with Crippen LogP contribution < -0.4 is 10.2 Å². The predicted octanol–water partition coefficient (Wildman–Crippen LogP) is 4.59. The molecular formula is C26H26ClN3O3. The van der Waals surface area contributed by atoms with Gasteiger partial charge in [-0.1, -0.05) is 41.9 Å². The zero-order chi connectivity index (χ0) is 22.8. The van der Waals surface area contributed by atoms with Crippen molar-refractivity contribution in [1.29, 1.82) is 0 Å². The average molecular weight is 464 g/mol. The van der Waals surface area contributed by atoms with Gasteiger partial charge in [0.2, 0.25) is 5.91 Å². The summed E-state index contributed by atoms with van der Waals surface area (Å²) in [6.07, 6.45) is 4.19. The summed E-state index contributed by atoms with van der Waals surface area (Å²) in [6, 6.07) is 17.4. The summed E-state index contributed by atoms with van der Waals surface area (Å²) in [5.74, 6) is -0.00147. The van der Waals surface area contributed by atoms with Crippen molar-refractivity contribution < 1.29 is 14.0 Å². The van der Waals surface area contributed by atoms with E-state index in [1.807, 2.05) is 42.5 Å². The van der Waals surface area contributed by atoms with Crippen LogP contribution in [0.1, 0.15) is 46.1 Å². The Morgan fingerprint density at radius 3 is 2.73 bits per heavy atom. The molecular weight excluding hydrogens is 438 g/mol. The second kappa shape index (κ2) is 9.41. The molecule has 1 atom stereocenters. The number of rotatable bonds is 7. The van der Waals surface area contributed by atoms with E-state index in [4.69, 9.17) is 16.0 Å². The van der Waals surface area contributed by atoms with Gasteiger partial charge in [0.05, 0.1) is 25.3 Å². The van der Waals surface area contributed by atoms with Crippen molar-refractivity contribution in [3.8, 4) is 0 Å². The molecule has 170 valence electrons. The maximum Gasteiger partial charge on any atom is 0.287 e. The Morgan fingerprint density at radius 1 is 1.09 bits per heavy atom. The molecule has 1 aromatic heterocycles. The standard InChI is InChI=1S/C26H26ClN3O3/c27-21-8-5-7-18(14-21)23(29-11-3-4-12-29)16-28-26(32)25-20(10-13-33-25)17-30-22-9-2-1-6-19(22)15-24(30)31/h1-2,5-10,13-14,23H,3-4,11-12,15-17H2,(H,28,32). The molecule has 0 spiro atoms. The van der Waals surface area contributed by atoms with Crippen LogP contribution in [0.4, 0.5) is 5.69 Å². The topological polar surface area (TPSA) is 65.8 Å². The first-order valence-corrected chi connectivity index (χ1v) is 11.7. The normalized spacial score (nSPS) is 16.8. The fourth-order valence-corrected chi connectivity index (χ4v) is 5.01. The van der Waals surface area contributed by atoms with E-state index < -0.39 is 0 Å². The lowest BCUT2D eigenvalue weighted by atomic mass is 10.1. The Bertz CT molecular complexity index is 1170. The first-order valence-electron chi connectivity index (χ1n) is 11.3. The molecule has 7 heteroatoms. The van der Waals surface area contributed by atoms with E-state index in [1.54, 1.807) is 11.0 Å². The van der Waals surface area contributed by atoms with Gasteiger partial charge in [0, 0.05) is 22.8 Å². The van der Waals surface area contributed by atoms with E-state index in [0.29, 0.717) is 30.1 Å². The molecule has 3 heterocycles. The largest absolute Gasteiger partial charge is 0.459 e. The lowest BCUT2D eigenvalue weighted by Gasteiger charge is -2.28. The van der Waals surface area contributed by atoms with Gasteiger partial charge in [-0.05, 0) is 61.3 Å².